The molecule has 0 spiro atoms. The third-order valence-electron chi connectivity index (χ3n) is 3.17. The summed E-state index contributed by atoms with van der Waals surface area (Å²) in [6.45, 7) is 6.74. The summed E-state index contributed by atoms with van der Waals surface area (Å²) in [4.78, 5) is 1.91. The molecule has 0 saturated carbocycles. The van der Waals surface area contributed by atoms with Gasteiger partial charge in [0, 0.05) is 6.54 Å². The molecule has 19 heavy (non-hydrogen) atoms. The molecule has 0 amide bonds. The van der Waals surface area contributed by atoms with E-state index in [4.69, 9.17) is 4.42 Å². The molecule has 1 aliphatic rings. The highest BCUT2D eigenvalue weighted by molar-refractivity contribution is 7.91. The molecule has 0 aliphatic carbocycles. The van der Waals surface area contributed by atoms with Crippen molar-refractivity contribution in [1.82, 2.24) is 4.90 Å². The number of rotatable bonds is 5. The SMILES string of the molecule is C=C(C)CN(Cc1ccco1)C1CS(=O)(=O)CC1O. The van der Waals surface area contributed by atoms with Crippen LogP contribution in [0.25, 0.3) is 0 Å². The summed E-state index contributed by atoms with van der Waals surface area (Å²) in [6, 6.07) is 3.23. The standard InChI is InChI=1S/C13H19NO4S/c1-10(2)6-14(7-11-4-3-5-18-11)12-8-19(16,17)9-13(12)15/h3-5,12-13,15H,1,6-9H2,2H3. The Morgan fingerprint density at radius 1 is 1.58 bits per heavy atom. The fraction of sp³-hybridized carbons (Fsp3) is 0.538. The van der Waals surface area contributed by atoms with Crippen molar-refractivity contribution in [2.45, 2.75) is 25.6 Å². The first-order valence-corrected chi connectivity index (χ1v) is 7.99. The molecule has 2 atom stereocenters. The van der Waals surface area contributed by atoms with Crippen LogP contribution < -0.4 is 0 Å². The lowest BCUT2D eigenvalue weighted by Crippen LogP contribution is -2.43. The zero-order chi connectivity index (χ0) is 14.0. The lowest BCUT2D eigenvalue weighted by atomic mass is 10.1. The first-order valence-electron chi connectivity index (χ1n) is 6.17. The molecule has 6 heteroatoms. The number of hydrogen-bond acceptors (Lipinski definition) is 5. The predicted octanol–water partition coefficient (Wildman–Crippen LogP) is 0.816. The van der Waals surface area contributed by atoms with E-state index >= 15 is 0 Å². The van der Waals surface area contributed by atoms with Gasteiger partial charge in [-0.25, -0.2) is 8.42 Å². The second-order valence-corrected chi connectivity index (χ2v) is 7.31. The molecule has 0 aromatic carbocycles. The van der Waals surface area contributed by atoms with E-state index in [1.165, 1.54) is 0 Å². The van der Waals surface area contributed by atoms with Crippen molar-refractivity contribution in [3.05, 3.63) is 36.3 Å². The first kappa shape index (κ1) is 14.3. The quantitative estimate of drug-likeness (QED) is 0.811. The van der Waals surface area contributed by atoms with Crippen LogP contribution in [0.15, 0.2) is 35.0 Å². The molecular weight excluding hydrogens is 266 g/mol. The monoisotopic (exact) mass is 285 g/mol. The Morgan fingerprint density at radius 3 is 2.79 bits per heavy atom. The summed E-state index contributed by atoms with van der Waals surface area (Å²) < 4.78 is 28.5. The van der Waals surface area contributed by atoms with Crippen LogP contribution in [-0.2, 0) is 16.4 Å². The Balaban J connectivity index is 2.15. The maximum absolute atomic E-state index is 11.6. The van der Waals surface area contributed by atoms with Gasteiger partial charge in [-0.3, -0.25) is 4.90 Å². The second kappa shape index (κ2) is 5.48. The Bertz CT molecular complexity index is 535. The molecule has 1 aromatic rings. The molecule has 2 unspecified atom stereocenters. The van der Waals surface area contributed by atoms with Crippen LogP contribution in [0.2, 0.25) is 0 Å². The van der Waals surface area contributed by atoms with Gasteiger partial charge in [-0.1, -0.05) is 12.2 Å². The molecule has 106 valence electrons. The largest absolute Gasteiger partial charge is 0.468 e. The third-order valence-corrected chi connectivity index (χ3v) is 4.87. The Labute approximate surface area is 113 Å². The van der Waals surface area contributed by atoms with Crippen molar-refractivity contribution in [3.8, 4) is 0 Å². The summed E-state index contributed by atoms with van der Waals surface area (Å²) in [7, 11) is -3.16. The molecule has 2 heterocycles. The van der Waals surface area contributed by atoms with Crippen molar-refractivity contribution < 1.29 is 17.9 Å². The molecule has 0 bridgehead atoms. The van der Waals surface area contributed by atoms with Gasteiger partial charge in [0.25, 0.3) is 0 Å². The van der Waals surface area contributed by atoms with Crippen LogP contribution >= 0.6 is 0 Å². The zero-order valence-electron chi connectivity index (χ0n) is 10.9. The molecule has 1 saturated heterocycles. The van der Waals surface area contributed by atoms with Crippen LogP contribution in [0.1, 0.15) is 12.7 Å². The van der Waals surface area contributed by atoms with Crippen molar-refractivity contribution in [2.24, 2.45) is 0 Å². The van der Waals surface area contributed by atoms with Crippen LogP contribution in [0, 0.1) is 0 Å². The maximum Gasteiger partial charge on any atom is 0.154 e. The van der Waals surface area contributed by atoms with E-state index in [0.29, 0.717) is 13.1 Å². The lowest BCUT2D eigenvalue weighted by Gasteiger charge is -2.29. The van der Waals surface area contributed by atoms with Gasteiger partial charge in [-0.05, 0) is 19.1 Å². The van der Waals surface area contributed by atoms with Gasteiger partial charge < -0.3 is 9.52 Å². The third kappa shape index (κ3) is 3.68. The minimum Gasteiger partial charge on any atom is -0.468 e. The maximum atomic E-state index is 11.6. The average molecular weight is 285 g/mol. The molecule has 1 aromatic heterocycles. The van der Waals surface area contributed by atoms with Gasteiger partial charge in [-0.15, -0.1) is 0 Å². The van der Waals surface area contributed by atoms with Gasteiger partial charge in [0.05, 0.1) is 36.5 Å². The minimum atomic E-state index is -3.16. The van der Waals surface area contributed by atoms with E-state index < -0.39 is 22.0 Å². The Hall–Kier alpha value is -1.11. The van der Waals surface area contributed by atoms with Crippen molar-refractivity contribution >= 4 is 9.84 Å². The van der Waals surface area contributed by atoms with Crippen LogP contribution in [0.4, 0.5) is 0 Å². The van der Waals surface area contributed by atoms with Crippen molar-refractivity contribution in [2.75, 3.05) is 18.1 Å². The van der Waals surface area contributed by atoms with Crippen LogP contribution in [-0.4, -0.2) is 48.6 Å². The lowest BCUT2D eigenvalue weighted by molar-refractivity contribution is 0.0802. The number of hydrogen-bond donors (Lipinski definition) is 1. The molecule has 0 radical (unpaired) electrons. The molecule has 1 N–H and O–H groups in total. The molecule has 2 rings (SSSR count). The van der Waals surface area contributed by atoms with Crippen molar-refractivity contribution in [1.29, 1.82) is 0 Å². The molecule has 1 aliphatic heterocycles. The summed E-state index contributed by atoms with van der Waals surface area (Å²) in [6.07, 6.45) is 0.732. The van der Waals surface area contributed by atoms with Crippen molar-refractivity contribution in [3.63, 3.8) is 0 Å². The average Bonchev–Trinajstić information content (AvgIpc) is 2.84. The topological polar surface area (TPSA) is 70.8 Å². The summed E-state index contributed by atoms with van der Waals surface area (Å²) >= 11 is 0. The van der Waals surface area contributed by atoms with Gasteiger partial charge >= 0.3 is 0 Å². The zero-order valence-corrected chi connectivity index (χ0v) is 11.8. The smallest absolute Gasteiger partial charge is 0.154 e. The number of nitrogens with zero attached hydrogens (tertiary/aromatic N) is 1. The first-order chi connectivity index (χ1) is 8.87. The number of aliphatic hydroxyl groups is 1. The highest BCUT2D eigenvalue weighted by Gasteiger charge is 2.40. The number of aliphatic hydroxyl groups excluding tert-OH is 1. The van der Waals surface area contributed by atoms with E-state index in [1.807, 2.05) is 17.9 Å². The van der Waals surface area contributed by atoms with Gasteiger partial charge in [0.15, 0.2) is 9.84 Å². The van der Waals surface area contributed by atoms with Gasteiger partial charge in [0.2, 0.25) is 0 Å². The van der Waals surface area contributed by atoms with Crippen LogP contribution in [0.3, 0.4) is 0 Å². The van der Waals surface area contributed by atoms with Crippen LogP contribution in [0.5, 0.6) is 0 Å². The number of sulfone groups is 1. The van der Waals surface area contributed by atoms with Gasteiger partial charge in [-0.2, -0.15) is 0 Å². The number of furan rings is 1. The van der Waals surface area contributed by atoms with E-state index in [0.717, 1.165) is 11.3 Å². The van der Waals surface area contributed by atoms with E-state index in [9.17, 15) is 13.5 Å². The highest BCUT2D eigenvalue weighted by atomic mass is 32.2. The minimum absolute atomic E-state index is 0.0118. The Morgan fingerprint density at radius 2 is 2.32 bits per heavy atom. The fourth-order valence-corrected chi connectivity index (χ4v) is 4.23. The van der Waals surface area contributed by atoms with E-state index in [2.05, 4.69) is 6.58 Å². The second-order valence-electron chi connectivity index (χ2n) is 5.15. The normalized spacial score (nSPS) is 25.8. The Kier molecular flexibility index (Phi) is 4.13. The molecule has 5 nitrogen and oxygen atoms in total. The van der Waals surface area contributed by atoms with E-state index in [1.54, 1.807) is 12.3 Å². The summed E-state index contributed by atoms with van der Waals surface area (Å²) in [5.41, 5.74) is 0.919. The fourth-order valence-electron chi connectivity index (χ4n) is 2.40. The summed E-state index contributed by atoms with van der Waals surface area (Å²) in [5, 5.41) is 9.96. The molecule has 1 fully saturated rings. The molecular formula is C13H19NO4S. The van der Waals surface area contributed by atoms with E-state index in [-0.39, 0.29) is 11.5 Å². The van der Waals surface area contributed by atoms with Gasteiger partial charge in [0.1, 0.15) is 5.76 Å². The predicted molar refractivity (Wildman–Crippen MR) is 72.4 cm³/mol. The summed E-state index contributed by atoms with van der Waals surface area (Å²) in [5.74, 6) is 0.572. The highest BCUT2D eigenvalue weighted by Crippen LogP contribution is 2.21.